The van der Waals surface area contributed by atoms with E-state index in [-0.39, 0.29) is 19.6 Å². The van der Waals surface area contributed by atoms with Gasteiger partial charge in [-0.1, -0.05) is 94.1 Å². The Hall–Kier alpha value is -2.20. The zero-order chi connectivity index (χ0) is 44.2. The minimum absolute atomic E-state index is 0.202. The average Bonchev–Trinajstić information content (AvgIpc) is 4.12. The summed E-state index contributed by atoms with van der Waals surface area (Å²) in [6, 6.07) is 12.4. The highest BCUT2D eigenvalue weighted by molar-refractivity contribution is 8.43. The van der Waals surface area contributed by atoms with Gasteiger partial charge >= 0.3 is 23.9 Å². The quantitative estimate of drug-likeness (QED) is 0.0829. The molecule has 6 heterocycles. The van der Waals surface area contributed by atoms with Gasteiger partial charge in [0.05, 0.1) is 85.9 Å². The van der Waals surface area contributed by atoms with Crippen molar-refractivity contribution in [3.05, 3.63) is 101 Å². The molecule has 0 radical (unpaired) electrons. The fourth-order valence-electron chi connectivity index (χ4n) is 4.82. The van der Waals surface area contributed by atoms with Crippen LogP contribution in [0, 0.1) is 22.7 Å². The molecular weight excluding hydrogens is 1030 g/mol. The van der Waals surface area contributed by atoms with E-state index in [2.05, 4.69) is 22.1 Å². The number of hydrogen-bond donors (Lipinski definition) is 0. The molecule has 322 valence electrons. The lowest BCUT2D eigenvalue weighted by molar-refractivity contribution is -0.138. The van der Waals surface area contributed by atoms with Crippen LogP contribution in [0.1, 0.15) is 24.0 Å². The molecule has 0 N–H and O–H groups in total. The van der Waals surface area contributed by atoms with E-state index in [4.69, 9.17) is 18.9 Å². The predicted molar refractivity (Wildman–Crippen MR) is 266 cm³/mol. The molecule has 4 aliphatic rings. The number of methoxy groups -OCH3 is 4. The van der Waals surface area contributed by atoms with E-state index in [1.807, 2.05) is 24.3 Å². The third-order valence-corrected chi connectivity index (χ3v) is 25.0. The summed E-state index contributed by atoms with van der Waals surface area (Å²) in [4.78, 5) is 60.2. The first kappa shape index (κ1) is 49.2. The van der Waals surface area contributed by atoms with Crippen LogP contribution in [0.4, 0.5) is 0 Å². The molecule has 2 aromatic rings. The number of aromatic nitrogens is 2. The summed E-state index contributed by atoms with van der Waals surface area (Å²) >= 11 is 17.7. The number of ether oxygens (including phenoxy) is 4. The Morgan fingerprint density at radius 2 is 0.823 bits per heavy atom. The second kappa shape index (κ2) is 24.4. The van der Waals surface area contributed by atoms with Gasteiger partial charge in [0.1, 0.15) is 19.6 Å². The largest absolute Gasteiger partial charge is 0.465 e. The van der Waals surface area contributed by atoms with Crippen molar-refractivity contribution in [1.82, 2.24) is 9.97 Å². The molecule has 0 spiro atoms. The Labute approximate surface area is 408 Å². The number of thioether (sulfide) groups is 12. The average molecular weight is 1060 g/mol. The predicted octanol–water partition coefficient (Wildman–Crippen LogP) is 11.4. The van der Waals surface area contributed by atoms with Crippen molar-refractivity contribution in [2.24, 2.45) is 0 Å². The Kier molecular flexibility index (Phi) is 19.3. The molecular formula is C38H30N4O8S12. The van der Waals surface area contributed by atoms with E-state index >= 15 is 0 Å². The Balaban J connectivity index is 1.14. The molecule has 0 saturated heterocycles. The third kappa shape index (κ3) is 12.6. The molecule has 62 heavy (non-hydrogen) atoms. The zero-order valence-electron chi connectivity index (χ0n) is 32.7. The smallest absolute Gasteiger partial charge is 0.346 e. The summed E-state index contributed by atoms with van der Waals surface area (Å²) in [5, 5.41) is 18.4. The van der Waals surface area contributed by atoms with Crippen molar-refractivity contribution in [2.75, 3.05) is 39.9 Å². The minimum Gasteiger partial charge on any atom is -0.465 e. The van der Waals surface area contributed by atoms with Gasteiger partial charge in [0.15, 0.2) is 0 Å². The lowest BCUT2D eigenvalue weighted by atomic mass is 10.1. The molecule has 0 bridgehead atoms. The molecule has 0 unspecified atom stereocenters. The summed E-state index contributed by atoms with van der Waals surface area (Å²) in [5.41, 5.74) is 3.55. The number of carbonyl (C=O) groups is 4. The monoisotopic (exact) mass is 1050 g/mol. The van der Waals surface area contributed by atoms with Gasteiger partial charge in [-0.2, -0.15) is 10.5 Å². The van der Waals surface area contributed by atoms with Crippen molar-refractivity contribution in [2.45, 2.75) is 24.3 Å². The van der Waals surface area contributed by atoms with E-state index in [9.17, 15) is 29.7 Å². The van der Waals surface area contributed by atoms with Crippen LogP contribution in [0.25, 0.3) is 11.4 Å². The van der Waals surface area contributed by atoms with Gasteiger partial charge in [-0.3, -0.25) is 9.97 Å². The normalized spacial score (nSPS) is 16.4. The van der Waals surface area contributed by atoms with Crippen LogP contribution in [0.2, 0.25) is 0 Å². The number of esters is 4. The molecule has 0 saturated carbocycles. The Morgan fingerprint density at radius 1 is 0.516 bits per heavy atom. The highest BCUT2D eigenvalue weighted by atomic mass is 32.3. The number of rotatable bonds is 17. The molecule has 0 fully saturated rings. The van der Waals surface area contributed by atoms with Gasteiger partial charge in [0, 0.05) is 48.2 Å². The lowest BCUT2D eigenvalue weighted by Crippen LogP contribution is -2.08. The Bertz CT molecular complexity index is 2230. The van der Waals surface area contributed by atoms with Crippen LogP contribution in [0.3, 0.4) is 0 Å². The minimum atomic E-state index is -0.594. The zero-order valence-corrected chi connectivity index (χ0v) is 42.5. The Morgan fingerprint density at radius 3 is 1.13 bits per heavy atom. The third-order valence-electron chi connectivity index (χ3n) is 7.63. The summed E-state index contributed by atoms with van der Waals surface area (Å²) < 4.78 is 27.5. The molecule has 6 rings (SSSR count). The molecule has 0 aliphatic carbocycles. The summed E-state index contributed by atoms with van der Waals surface area (Å²) in [5.74, 6) is 0.163. The number of pyridine rings is 2. The van der Waals surface area contributed by atoms with E-state index in [0.29, 0.717) is 35.9 Å². The summed E-state index contributed by atoms with van der Waals surface area (Å²) in [6.45, 7) is 0. The maximum Gasteiger partial charge on any atom is 0.346 e. The van der Waals surface area contributed by atoms with Gasteiger partial charge in [0.2, 0.25) is 0 Å². The molecule has 12 nitrogen and oxygen atoms in total. The maximum absolute atomic E-state index is 12.5. The fraction of sp³-hybridized carbons (Fsp3) is 0.263. The van der Waals surface area contributed by atoms with Gasteiger partial charge in [0.25, 0.3) is 0 Å². The van der Waals surface area contributed by atoms with Gasteiger partial charge in [-0.15, -0.1) is 47.0 Å². The van der Waals surface area contributed by atoms with Gasteiger partial charge in [-0.05, 0) is 35.4 Å². The van der Waals surface area contributed by atoms with Crippen LogP contribution < -0.4 is 0 Å². The number of nitriles is 2. The number of nitrogens with zero attached hydrogens (tertiary/aromatic N) is 4. The molecule has 0 atom stereocenters. The first-order valence-corrected chi connectivity index (χ1v) is 28.0. The first-order valence-electron chi connectivity index (χ1n) is 17.5. The fourth-order valence-corrected chi connectivity index (χ4v) is 21.8. The highest BCUT2D eigenvalue weighted by Crippen LogP contribution is 2.65. The van der Waals surface area contributed by atoms with Crippen LogP contribution >= 0.6 is 141 Å². The lowest BCUT2D eigenvalue weighted by Gasteiger charge is -2.08. The second-order valence-electron chi connectivity index (χ2n) is 11.6. The number of hydrogen-bond acceptors (Lipinski definition) is 24. The summed E-state index contributed by atoms with van der Waals surface area (Å²) in [6.07, 6.45) is 4.35. The SMILES string of the molecule is COC(=O)C1=C(C(=O)OC)SC(=C2SC(SCCC#N)=C(SCc3ccnc(-c4cc(CSC5=C(SCCC#N)SC(=C6SC(C(=O)OC)=C(C(=O)OC)S6)S5)ccn4)c3)S2)S1. The maximum atomic E-state index is 12.5. The van der Waals surface area contributed by atoms with E-state index in [0.717, 1.165) is 56.4 Å². The van der Waals surface area contributed by atoms with Gasteiger partial charge in [-0.25, -0.2) is 19.2 Å². The molecule has 24 heteroatoms. The van der Waals surface area contributed by atoms with Gasteiger partial charge < -0.3 is 18.9 Å². The van der Waals surface area contributed by atoms with E-state index in [1.165, 1.54) is 75.5 Å². The van der Waals surface area contributed by atoms with E-state index in [1.54, 1.807) is 106 Å². The van der Waals surface area contributed by atoms with Crippen LogP contribution in [0.15, 0.2) is 90.2 Å². The standard InChI is InChI=1S/C38H30N4O8S12/c1-47-27(43)23-24(28(44)48-2)56-35(55-23)37-59-31(51-13-5-9-39)33(61-37)53-17-19-7-11-41-21(15-19)22-16-20(8-12-42-22)18-54-34-32(52-14-6-10-40)60-38(62-34)36-57-25(29(45)49-3)26(58-36)30(46)50-4/h7-8,11-12,15-16H,5-6,13-14,17-18H2,1-4H3. The molecule has 4 aliphatic heterocycles. The number of carbonyl (C=O) groups excluding carboxylic acids is 4. The molecule has 0 amide bonds. The van der Waals surface area contributed by atoms with Crippen LogP contribution in [-0.2, 0) is 49.6 Å². The van der Waals surface area contributed by atoms with Crippen molar-refractivity contribution in [3.8, 4) is 23.5 Å². The van der Waals surface area contributed by atoms with Crippen molar-refractivity contribution < 1.29 is 38.1 Å². The van der Waals surface area contributed by atoms with E-state index < -0.39 is 23.9 Å². The first-order chi connectivity index (χ1) is 30.1. The highest BCUT2D eigenvalue weighted by Gasteiger charge is 2.38. The van der Waals surface area contributed by atoms with Crippen molar-refractivity contribution in [1.29, 1.82) is 10.5 Å². The molecule has 0 aromatic carbocycles. The van der Waals surface area contributed by atoms with Crippen LogP contribution in [0.5, 0.6) is 0 Å². The molecule has 2 aromatic heterocycles. The van der Waals surface area contributed by atoms with Crippen molar-refractivity contribution >= 4 is 165 Å². The van der Waals surface area contributed by atoms with Crippen molar-refractivity contribution in [3.63, 3.8) is 0 Å². The van der Waals surface area contributed by atoms with Crippen LogP contribution in [-0.4, -0.2) is 73.8 Å². The topological polar surface area (TPSA) is 179 Å². The second-order valence-corrected chi connectivity index (χ2v) is 26.0. The summed E-state index contributed by atoms with van der Waals surface area (Å²) in [7, 11) is 5.11.